The largest absolute Gasteiger partial charge is 0.418 e. The Kier molecular flexibility index (Phi) is 3.88. The normalized spacial score (nSPS) is 11.6. The van der Waals surface area contributed by atoms with Crippen molar-refractivity contribution in [3.63, 3.8) is 0 Å². The van der Waals surface area contributed by atoms with Gasteiger partial charge in [0.2, 0.25) is 0 Å². The van der Waals surface area contributed by atoms with Crippen molar-refractivity contribution in [2.24, 2.45) is 0 Å². The summed E-state index contributed by atoms with van der Waals surface area (Å²) in [6.07, 6.45) is -7.57. The van der Waals surface area contributed by atoms with Crippen LogP contribution in [0.15, 0.2) is 6.20 Å². The van der Waals surface area contributed by atoms with Crippen LogP contribution in [-0.4, -0.2) is 4.98 Å². The van der Waals surface area contributed by atoms with Crippen LogP contribution in [0.3, 0.4) is 0 Å². The van der Waals surface area contributed by atoms with Gasteiger partial charge in [0.1, 0.15) is 11.8 Å². The van der Waals surface area contributed by atoms with Gasteiger partial charge in [-0.25, -0.2) is 8.78 Å². The summed E-state index contributed by atoms with van der Waals surface area (Å²) in [5, 5.41) is 8.57. The summed E-state index contributed by atoms with van der Waals surface area (Å²) >= 11 is 5.26. The molecular formula is C9H4ClF5N2. The molecule has 0 radical (unpaired) electrons. The molecule has 0 amide bonds. The molecule has 0 aliphatic carbocycles. The third-order valence-corrected chi connectivity index (χ3v) is 2.22. The molecule has 8 heteroatoms. The second-order valence-electron chi connectivity index (χ2n) is 2.96. The Hall–Kier alpha value is -1.42. The second-order valence-corrected chi connectivity index (χ2v) is 3.23. The summed E-state index contributed by atoms with van der Waals surface area (Å²) < 4.78 is 62.7. The summed E-state index contributed by atoms with van der Waals surface area (Å²) in [6, 6.07) is 1.11. The van der Waals surface area contributed by atoms with E-state index in [-0.39, 0.29) is 0 Å². The van der Waals surface area contributed by atoms with Crippen LogP contribution in [0.25, 0.3) is 0 Å². The number of nitrogens with zero attached hydrogens (tertiary/aromatic N) is 2. The lowest BCUT2D eigenvalue weighted by Gasteiger charge is -2.14. The number of aromatic nitrogens is 1. The van der Waals surface area contributed by atoms with Gasteiger partial charge in [-0.05, 0) is 5.56 Å². The number of hydrogen-bond acceptors (Lipinski definition) is 2. The van der Waals surface area contributed by atoms with Gasteiger partial charge in [-0.1, -0.05) is 0 Å². The number of alkyl halides is 6. The van der Waals surface area contributed by atoms with E-state index in [1.54, 1.807) is 0 Å². The first-order chi connectivity index (χ1) is 7.82. The molecule has 0 unspecified atom stereocenters. The van der Waals surface area contributed by atoms with Crippen LogP contribution in [0.4, 0.5) is 22.0 Å². The topological polar surface area (TPSA) is 36.7 Å². The average Bonchev–Trinajstić information content (AvgIpc) is 2.25. The van der Waals surface area contributed by atoms with E-state index in [4.69, 9.17) is 16.9 Å². The molecular weight excluding hydrogens is 267 g/mol. The van der Waals surface area contributed by atoms with Crippen molar-refractivity contribution in [1.82, 2.24) is 4.98 Å². The highest BCUT2D eigenvalue weighted by Crippen LogP contribution is 2.37. The van der Waals surface area contributed by atoms with Crippen LogP contribution in [0.5, 0.6) is 0 Å². The average molecular weight is 271 g/mol. The molecule has 0 fully saturated rings. The highest BCUT2D eigenvalue weighted by molar-refractivity contribution is 6.17. The van der Waals surface area contributed by atoms with E-state index in [1.807, 2.05) is 0 Å². The zero-order chi connectivity index (χ0) is 13.2. The Labute approximate surface area is 97.6 Å². The zero-order valence-electron chi connectivity index (χ0n) is 8.02. The van der Waals surface area contributed by atoms with Crippen LogP contribution < -0.4 is 0 Å². The van der Waals surface area contributed by atoms with Gasteiger partial charge in [0.15, 0.2) is 0 Å². The van der Waals surface area contributed by atoms with Gasteiger partial charge < -0.3 is 0 Å². The van der Waals surface area contributed by atoms with Crippen molar-refractivity contribution in [3.8, 4) is 6.07 Å². The highest BCUT2D eigenvalue weighted by Gasteiger charge is 2.38. The predicted molar refractivity (Wildman–Crippen MR) is 48.5 cm³/mol. The monoisotopic (exact) mass is 270 g/mol. The van der Waals surface area contributed by atoms with E-state index in [9.17, 15) is 22.0 Å². The molecule has 0 aromatic carbocycles. The SMILES string of the molecule is N#Cc1c(C(F)F)ncc(CCl)c1C(F)(F)F. The fraction of sp³-hybridized carbons (Fsp3) is 0.333. The van der Waals surface area contributed by atoms with Crippen molar-refractivity contribution in [2.45, 2.75) is 18.5 Å². The summed E-state index contributed by atoms with van der Waals surface area (Å²) in [5.74, 6) is -0.569. The number of halogens is 6. The minimum absolute atomic E-state index is 0.500. The predicted octanol–water partition coefficient (Wildman–Crippen LogP) is 3.65. The first-order valence-corrected chi connectivity index (χ1v) is 4.69. The third-order valence-electron chi connectivity index (χ3n) is 1.93. The lowest BCUT2D eigenvalue weighted by atomic mass is 10.0. The maximum absolute atomic E-state index is 12.6. The Morgan fingerprint density at radius 2 is 2.00 bits per heavy atom. The van der Waals surface area contributed by atoms with Crippen LogP contribution in [-0.2, 0) is 12.1 Å². The van der Waals surface area contributed by atoms with Crippen LogP contribution >= 0.6 is 11.6 Å². The van der Waals surface area contributed by atoms with Gasteiger partial charge in [0.05, 0.1) is 11.1 Å². The Bertz CT molecular complexity index is 464. The number of rotatable bonds is 2. The van der Waals surface area contributed by atoms with Gasteiger partial charge in [-0.3, -0.25) is 4.98 Å². The number of hydrogen-bond donors (Lipinski definition) is 0. The molecule has 2 nitrogen and oxygen atoms in total. The first-order valence-electron chi connectivity index (χ1n) is 4.16. The van der Waals surface area contributed by atoms with E-state index >= 15 is 0 Å². The second kappa shape index (κ2) is 4.84. The quantitative estimate of drug-likeness (QED) is 0.607. The third kappa shape index (κ3) is 2.64. The van der Waals surface area contributed by atoms with E-state index in [1.165, 1.54) is 0 Å². The highest BCUT2D eigenvalue weighted by atomic mass is 35.5. The van der Waals surface area contributed by atoms with Gasteiger partial charge >= 0.3 is 6.18 Å². The fourth-order valence-electron chi connectivity index (χ4n) is 1.27. The molecule has 1 rings (SSSR count). The molecule has 92 valence electrons. The number of nitriles is 1. The van der Waals surface area contributed by atoms with Crippen LogP contribution in [0.2, 0.25) is 0 Å². The maximum atomic E-state index is 12.6. The summed E-state index contributed by atoms with van der Waals surface area (Å²) in [6.45, 7) is 0. The minimum atomic E-state index is -4.93. The first kappa shape index (κ1) is 13.6. The van der Waals surface area contributed by atoms with Gasteiger partial charge in [0, 0.05) is 12.1 Å². The minimum Gasteiger partial charge on any atom is -0.254 e. The molecule has 0 bridgehead atoms. The molecule has 0 saturated heterocycles. The standard InChI is InChI=1S/C9H4ClF5N2/c10-1-4-3-17-7(8(11)12)5(2-16)6(4)9(13,14)15/h3,8H,1H2. The van der Waals surface area contributed by atoms with E-state index in [0.717, 1.165) is 6.07 Å². The van der Waals surface area contributed by atoms with Crippen molar-refractivity contribution < 1.29 is 22.0 Å². The molecule has 1 heterocycles. The zero-order valence-corrected chi connectivity index (χ0v) is 8.78. The van der Waals surface area contributed by atoms with Crippen molar-refractivity contribution >= 4 is 11.6 Å². The molecule has 0 N–H and O–H groups in total. The van der Waals surface area contributed by atoms with Crippen molar-refractivity contribution in [2.75, 3.05) is 0 Å². The van der Waals surface area contributed by atoms with Gasteiger partial charge in [0.25, 0.3) is 6.43 Å². The lowest BCUT2D eigenvalue weighted by Crippen LogP contribution is -2.14. The molecule has 0 saturated carbocycles. The van der Waals surface area contributed by atoms with E-state index in [2.05, 4.69) is 4.98 Å². The number of pyridine rings is 1. The van der Waals surface area contributed by atoms with Gasteiger partial charge in [-0.15, -0.1) is 11.6 Å². The molecule has 0 aliphatic rings. The fourth-order valence-corrected chi connectivity index (χ4v) is 1.47. The van der Waals surface area contributed by atoms with E-state index in [0.29, 0.717) is 6.20 Å². The smallest absolute Gasteiger partial charge is 0.254 e. The molecule has 0 atom stereocenters. The molecule has 1 aromatic heterocycles. The summed E-state index contributed by atoms with van der Waals surface area (Å²) in [7, 11) is 0. The molecule has 1 aromatic rings. The van der Waals surface area contributed by atoms with Crippen molar-refractivity contribution in [1.29, 1.82) is 5.26 Å². The molecule has 0 spiro atoms. The molecule has 17 heavy (non-hydrogen) atoms. The Morgan fingerprint density at radius 3 is 2.35 bits per heavy atom. The van der Waals surface area contributed by atoms with E-state index < -0.39 is 40.9 Å². The lowest BCUT2D eigenvalue weighted by molar-refractivity contribution is -0.138. The maximum Gasteiger partial charge on any atom is 0.418 e. The summed E-state index contributed by atoms with van der Waals surface area (Å²) in [5.41, 5.74) is -4.31. The summed E-state index contributed by atoms with van der Waals surface area (Å²) in [4.78, 5) is 3.14. The van der Waals surface area contributed by atoms with Gasteiger partial charge in [-0.2, -0.15) is 18.4 Å². The van der Waals surface area contributed by atoms with Crippen molar-refractivity contribution in [3.05, 3.63) is 28.6 Å². The van der Waals surface area contributed by atoms with Crippen LogP contribution in [0, 0.1) is 11.3 Å². The molecule has 0 aliphatic heterocycles. The van der Waals surface area contributed by atoms with Crippen LogP contribution in [0.1, 0.15) is 28.8 Å². The Balaban J connectivity index is 3.63. The Morgan fingerprint density at radius 1 is 1.41 bits per heavy atom.